The molecule has 2 aliphatic rings. The molecule has 2 N–H and O–H groups in total. The van der Waals surface area contributed by atoms with Crippen LogP contribution in [0.15, 0.2) is 48.5 Å². The van der Waals surface area contributed by atoms with E-state index in [1.54, 1.807) is 0 Å². The zero-order valence-electron chi connectivity index (χ0n) is 21.7. The maximum atomic E-state index is 13.4. The minimum Gasteiger partial charge on any atom is -0.400 e. The standard InChI is InChI=1S/C28H35Cl2N3O2.CH4O/c29-25-9-4-10-26(30)24(25)20-33-18-13-28(21-33,14-19-34)27(35)31-23-11-16-32(17-12-23)15-5-8-22-6-2-1-3-7-22;1-2/h1-4,6-7,9-10,19,23H,5,8,11-18,20-21H2,(H,31,35);2H,1H3/t28-;/m1./s1. The second-order valence-corrected chi connectivity index (χ2v) is 10.8. The van der Waals surface area contributed by atoms with E-state index in [1.807, 2.05) is 18.2 Å². The lowest BCUT2D eigenvalue weighted by atomic mass is 9.82. The van der Waals surface area contributed by atoms with Gasteiger partial charge in [-0.2, -0.15) is 0 Å². The van der Waals surface area contributed by atoms with Gasteiger partial charge in [0, 0.05) is 61.4 Å². The van der Waals surface area contributed by atoms with E-state index in [2.05, 4.69) is 45.4 Å². The molecule has 0 saturated carbocycles. The summed E-state index contributed by atoms with van der Waals surface area (Å²) < 4.78 is 0. The first-order chi connectivity index (χ1) is 18.0. The second kappa shape index (κ2) is 14.8. The number of nitrogens with one attached hydrogen (secondary N) is 1. The van der Waals surface area contributed by atoms with Crippen molar-refractivity contribution in [3.8, 4) is 0 Å². The third kappa shape index (κ3) is 8.26. The molecule has 0 aliphatic carbocycles. The van der Waals surface area contributed by atoms with E-state index < -0.39 is 5.41 Å². The SMILES string of the molecule is CO.O=CC[C@]1(C(=O)NC2CCN(CCCc3ccccc3)CC2)CCN(Cc2c(Cl)cccc2Cl)C1. The summed E-state index contributed by atoms with van der Waals surface area (Å²) in [6.45, 7) is 4.94. The van der Waals surface area contributed by atoms with Gasteiger partial charge in [-0.1, -0.05) is 59.6 Å². The van der Waals surface area contributed by atoms with Crippen LogP contribution < -0.4 is 5.32 Å². The number of hydrogen-bond donors (Lipinski definition) is 2. The minimum atomic E-state index is -0.678. The average Bonchev–Trinajstić information content (AvgIpc) is 3.33. The van der Waals surface area contributed by atoms with Crippen LogP contribution in [0.4, 0.5) is 0 Å². The molecule has 2 fully saturated rings. The Kier molecular flexibility index (Phi) is 11.9. The number of benzene rings is 2. The normalized spacial score (nSPS) is 20.8. The number of halogens is 2. The van der Waals surface area contributed by atoms with Gasteiger partial charge in [0.25, 0.3) is 0 Å². The summed E-state index contributed by atoms with van der Waals surface area (Å²) in [5.74, 6) is 0.0138. The van der Waals surface area contributed by atoms with E-state index in [0.717, 1.165) is 70.8 Å². The Morgan fingerprint density at radius 2 is 1.70 bits per heavy atom. The van der Waals surface area contributed by atoms with Gasteiger partial charge in [0.15, 0.2) is 0 Å². The fraction of sp³-hybridized carbons (Fsp3) is 0.517. The Balaban J connectivity index is 0.00000186. The second-order valence-electron chi connectivity index (χ2n) is 9.99. The molecule has 2 heterocycles. The third-order valence-electron chi connectivity index (χ3n) is 7.54. The largest absolute Gasteiger partial charge is 0.400 e. The monoisotopic (exact) mass is 547 g/mol. The highest BCUT2D eigenvalue weighted by Gasteiger charge is 2.45. The fourth-order valence-electron chi connectivity index (χ4n) is 5.40. The smallest absolute Gasteiger partial charge is 0.228 e. The lowest BCUT2D eigenvalue weighted by molar-refractivity contribution is -0.133. The summed E-state index contributed by atoms with van der Waals surface area (Å²) in [5, 5.41) is 11.6. The van der Waals surface area contributed by atoms with Crippen molar-refractivity contribution in [2.24, 2.45) is 5.41 Å². The molecular formula is C29H39Cl2N3O3. The lowest BCUT2D eigenvalue weighted by Gasteiger charge is -2.35. The molecule has 2 aliphatic heterocycles. The molecule has 1 amide bonds. The van der Waals surface area contributed by atoms with Gasteiger partial charge >= 0.3 is 0 Å². The molecule has 4 rings (SSSR count). The van der Waals surface area contributed by atoms with Crippen molar-refractivity contribution in [3.63, 3.8) is 0 Å². The van der Waals surface area contributed by atoms with Crippen LogP contribution in [0.25, 0.3) is 0 Å². The van der Waals surface area contributed by atoms with Gasteiger partial charge in [-0.15, -0.1) is 0 Å². The Morgan fingerprint density at radius 3 is 2.35 bits per heavy atom. The van der Waals surface area contributed by atoms with Gasteiger partial charge in [0.05, 0.1) is 5.41 Å². The van der Waals surface area contributed by atoms with Gasteiger partial charge < -0.3 is 20.1 Å². The fourth-order valence-corrected chi connectivity index (χ4v) is 5.91. The number of piperidine rings is 1. The number of aryl methyl sites for hydroxylation is 1. The lowest BCUT2D eigenvalue weighted by Crippen LogP contribution is -2.50. The summed E-state index contributed by atoms with van der Waals surface area (Å²) in [4.78, 5) is 29.6. The molecule has 2 aromatic rings. The van der Waals surface area contributed by atoms with Crippen LogP contribution in [0.5, 0.6) is 0 Å². The van der Waals surface area contributed by atoms with Gasteiger partial charge in [-0.25, -0.2) is 0 Å². The zero-order valence-corrected chi connectivity index (χ0v) is 23.2. The molecule has 37 heavy (non-hydrogen) atoms. The zero-order chi connectivity index (χ0) is 26.7. The molecular weight excluding hydrogens is 509 g/mol. The molecule has 0 aromatic heterocycles. The number of nitrogens with zero attached hydrogens (tertiary/aromatic N) is 2. The Morgan fingerprint density at radius 1 is 1.03 bits per heavy atom. The molecule has 0 bridgehead atoms. The number of likely N-dealkylation sites (tertiary alicyclic amines) is 2. The van der Waals surface area contributed by atoms with E-state index in [-0.39, 0.29) is 18.4 Å². The van der Waals surface area contributed by atoms with E-state index >= 15 is 0 Å². The summed E-state index contributed by atoms with van der Waals surface area (Å²) in [6, 6.07) is 16.3. The predicted octanol–water partition coefficient (Wildman–Crippen LogP) is 4.60. The van der Waals surface area contributed by atoms with Crippen LogP contribution in [0.3, 0.4) is 0 Å². The number of aliphatic hydroxyl groups is 1. The van der Waals surface area contributed by atoms with Crippen LogP contribution in [-0.4, -0.2) is 73.0 Å². The highest BCUT2D eigenvalue weighted by Crippen LogP contribution is 2.36. The van der Waals surface area contributed by atoms with Crippen LogP contribution in [0.1, 0.15) is 43.2 Å². The molecule has 0 radical (unpaired) electrons. The number of aliphatic hydroxyl groups excluding tert-OH is 1. The topological polar surface area (TPSA) is 72.9 Å². The third-order valence-corrected chi connectivity index (χ3v) is 8.25. The number of rotatable bonds is 10. The Bertz CT molecular complexity index is 979. The summed E-state index contributed by atoms with van der Waals surface area (Å²) >= 11 is 12.7. The Labute approximate surface area is 230 Å². The number of hydrogen-bond acceptors (Lipinski definition) is 5. The van der Waals surface area contributed by atoms with Gasteiger partial charge in [-0.3, -0.25) is 9.69 Å². The molecule has 0 unspecified atom stereocenters. The van der Waals surface area contributed by atoms with Crippen molar-refractivity contribution in [1.82, 2.24) is 15.1 Å². The molecule has 202 valence electrons. The van der Waals surface area contributed by atoms with Crippen LogP contribution >= 0.6 is 23.2 Å². The van der Waals surface area contributed by atoms with Crippen molar-refractivity contribution in [1.29, 1.82) is 0 Å². The first kappa shape index (κ1) is 29.6. The van der Waals surface area contributed by atoms with Gasteiger partial charge in [0.2, 0.25) is 5.91 Å². The summed E-state index contributed by atoms with van der Waals surface area (Å²) in [7, 11) is 1.00. The molecule has 0 spiro atoms. The summed E-state index contributed by atoms with van der Waals surface area (Å²) in [5.41, 5.74) is 1.58. The van der Waals surface area contributed by atoms with Crippen LogP contribution in [0.2, 0.25) is 10.0 Å². The number of amides is 1. The number of carbonyl (C=O) groups excluding carboxylic acids is 2. The van der Waals surface area contributed by atoms with E-state index in [9.17, 15) is 9.59 Å². The van der Waals surface area contributed by atoms with E-state index in [1.165, 1.54) is 5.56 Å². The highest BCUT2D eigenvalue weighted by atomic mass is 35.5. The van der Waals surface area contributed by atoms with Gasteiger partial charge in [-0.05, 0) is 62.9 Å². The number of aldehydes is 1. The maximum absolute atomic E-state index is 13.4. The van der Waals surface area contributed by atoms with Crippen molar-refractivity contribution >= 4 is 35.4 Å². The summed E-state index contributed by atoms with van der Waals surface area (Å²) in [6.07, 6.45) is 5.94. The average molecular weight is 549 g/mol. The quantitative estimate of drug-likeness (QED) is 0.425. The van der Waals surface area contributed by atoms with Crippen molar-refractivity contribution in [2.45, 2.75) is 51.1 Å². The predicted molar refractivity (Wildman–Crippen MR) is 150 cm³/mol. The van der Waals surface area contributed by atoms with Crippen LogP contribution in [-0.2, 0) is 22.6 Å². The first-order valence-electron chi connectivity index (χ1n) is 13.1. The van der Waals surface area contributed by atoms with Gasteiger partial charge in [0.1, 0.15) is 6.29 Å². The Hall–Kier alpha value is -1.96. The van der Waals surface area contributed by atoms with Crippen molar-refractivity contribution in [3.05, 3.63) is 69.7 Å². The molecule has 6 nitrogen and oxygen atoms in total. The molecule has 2 aromatic carbocycles. The van der Waals surface area contributed by atoms with E-state index in [0.29, 0.717) is 29.6 Å². The molecule has 2 saturated heterocycles. The molecule has 8 heteroatoms. The highest BCUT2D eigenvalue weighted by molar-refractivity contribution is 6.35. The van der Waals surface area contributed by atoms with E-state index in [4.69, 9.17) is 28.3 Å². The molecule has 1 atom stereocenters. The van der Waals surface area contributed by atoms with Crippen LogP contribution in [0, 0.1) is 5.41 Å². The maximum Gasteiger partial charge on any atom is 0.228 e. The first-order valence-corrected chi connectivity index (χ1v) is 13.9. The van der Waals surface area contributed by atoms with Crippen molar-refractivity contribution in [2.75, 3.05) is 39.8 Å². The number of carbonyl (C=O) groups is 2. The van der Waals surface area contributed by atoms with Crippen molar-refractivity contribution < 1.29 is 14.7 Å². The minimum absolute atomic E-state index is 0.0138.